The maximum absolute atomic E-state index is 13.3. The summed E-state index contributed by atoms with van der Waals surface area (Å²) in [5, 5.41) is 0. The van der Waals surface area contributed by atoms with E-state index in [0.29, 0.717) is 25.6 Å². The van der Waals surface area contributed by atoms with Crippen LogP contribution in [0.15, 0.2) is 35.1 Å². The van der Waals surface area contributed by atoms with Gasteiger partial charge in [-0.2, -0.15) is 13.2 Å². The van der Waals surface area contributed by atoms with Gasteiger partial charge < -0.3 is 20.2 Å². The number of carbonyl (C=O) groups is 1. The van der Waals surface area contributed by atoms with Crippen LogP contribution in [0.5, 0.6) is 5.75 Å². The highest BCUT2D eigenvalue weighted by Crippen LogP contribution is 2.36. The summed E-state index contributed by atoms with van der Waals surface area (Å²) in [7, 11) is 0. The molecule has 1 aliphatic heterocycles. The molecule has 6 nitrogen and oxygen atoms in total. The molecule has 150 valence electrons. The lowest BCUT2D eigenvalue weighted by Gasteiger charge is -2.40. The van der Waals surface area contributed by atoms with Crippen LogP contribution in [-0.2, 0) is 10.9 Å². The Morgan fingerprint density at radius 2 is 1.93 bits per heavy atom. The molecule has 1 aromatic heterocycles. The van der Waals surface area contributed by atoms with Crippen LogP contribution in [-0.4, -0.2) is 30.7 Å². The average molecular weight is 396 g/mol. The van der Waals surface area contributed by atoms with Gasteiger partial charge in [0.1, 0.15) is 17.0 Å². The van der Waals surface area contributed by atoms with Gasteiger partial charge in [0.05, 0.1) is 25.2 Å². The summed E-state index contributed by atoms with van der Waals surface area (Å²) in [6.07, 6.45) is -3.91. The molecule has 1 amide bonds. The third-order valence-electron chi connectivity index (χ3n) is 4.87. The minimum absolute atomic E-state index is 0.0303. The number of rotatable bonds is 6. The van der Waals surface area contributed by atoms with Crippen LogP contribution in [0, 0.1) is 5.41 Å². The molecule has 9 heteroatoms. The Labute approximate surface area is 158 Å². The fourth-order valence-electron chi connectivity index (χ4n) is 2.91. The van der Waals surface area contributed by atoms with Crippen LogP contribution in [0.25, 0.3) is 11.1 Å². The number of alkyl halides is 3. The molecular weight excluding hydrogens is 377 g/mol. The highest BCUT2D eigenvalue weighted by Gasteiger charge is 2.38. The first-order valence-corrected chi connectivity index (χ1v) is 8.60. The van der Waals surface area contributed by atoms with Crippen molar-refractivity contribution in [3.8, 4) is 16.9 Å². The van der Waals surface area contributed by atoms with Gasteiger partial charge in [0.2, 0.25) is 0 Å². The van der Waals surface area contributed by atoms with Gasteiger partial charge in [-0.05, 0) is 30.2 Å². The number of hydrogen-bond donors (Lipinski definition) is 2. The van der Waals surface area contributed by atoms with E-state index in [9.17, 15) is 22.8 Å². The van der Waals surface area contributed by atoms with Gasteiger partial charge in [-0.25, -0.2) is 0 Å². The van der Waals surface area contributed by atoms with E-state index in [0.717, 1.165) is 12.5 Å². The molecule has 1 aromatic carbocycles. The van der Waals surface area contributed by atoms with Crippen molar-refractivity contribution in [1.82, 2.24) is 4.98 Å². The molecule has 0 radical (unpaired) electrons. The minimum atomic E-state index is -4.81. The van der Waals surface area contributed by atoms with Gasteiger partial charge in [0, 0.05) is 5.56 Å². The molecule has 0 aliphatic carbocycles. The summed E-state index contributed by atoms with van der Waals surface area (Å²) in [6, 6.07) is 6.79. The van der Waals surface area contributed by atoms with Crippen molar-refractivity contribution in [3.63, 3.8) is 0 Å². The zero-order chi connectivity index (χ0) is 20.5. The Morgan fingerprint density at radius 1 is 1.29 bits per heavy atom. The molecule has 0 unspecified atom stereocenters. The summed E-state index contributed by atoms with van der Waals surface area (Å²) in [5.74, 6) is -0.611. The molecule has 0 atom stereocenters. The smallest absolute Gasteiger partial charge is 0.431 e. The molecule has 0 saturated carbocycles. The van der Waals surface area contributed by atoms with Gasteiger partial charge >= 0.3 is 6.18 Å². The normalized spacial score (nSPS) is 15.7. The predicted molar refractivity (Wildman–Crippen MR) is 95.1 cm³/mol. The Bertz CT molecular complexity index is 926. The highest BCUT2D eigenvalue weighted by molar-refractivity contribution is 5.93. The molecular formula is C19H19F3N2O4. The van der Waals surface area contributed by atoms with Crippen LogP contribution in [0.3, 0.4) is 0 Å². The molecule has 1 aliphatic rings. The lowest BCUT2D eigenvalue weighted by molar-refractivity contribution is -0.140. The van der Waals surface area contributed by atoms with Crippen molar-refractivity contribution < 1.29 is 27.4 Å². The lowest BCUT2D eigenvalue weighted by Crippen LogP contribution is -2.46. The summed E-state index contributed by atoms with van der Waals surface area (Å²) < 4.78 is 51.0. The summed E-state index contributed by atoms with van der Waals surface area (Å²) >= 11 is 0. The Hall–Kier alpha value is -2.81. The molecule has 1 fully saturated rings. The van der Waals surface area contributed by atoms with Crippen LogP contribution in [0.4, 0.5) is 13.2 Å². The number of H-pyrrole nitrogens is 1. The number of ether oxygens (including phenoxy) is 2. The van der Waals surface area contributed by atoms with Crippen LogP contribution in [0.1, 0.15) is 29.4 Å². The number of primary amides is 1. The molecule has 2 aromatic rings. The summed E-state index contributed by atoms with van der Waals surface area (Å²) in [5.41, 5.74) is 1.91. The number of amides is 1. The van der Waals surface area contributed by atoms with E-state index < -0.39 is 28.9 Å². The van der Waals surface area contributed by atoms with Gasteiger partial charge in [0.15, 0.2) is 0 Å². The number of hydrogen-bond acceptors (Lipinski definition) is 4. The first-order chi connectivity index (χ1) is 13.1. The number of benzene rings is 1. The molecule has 2 heterocycles. The summed E-state index contributed by atoms with van der Waals surface area (Å²) in [4.78, 5) is 24.8. The van der Waals surface area contributed by atoms with Crippen LogP contribution >= 0.6 is 0 Å². The predicted octanol–water partition coefficient (Wildman–Crippen LogP) is 2.97. The maximum Gasteiger partial charge on any atom is 0.431 e. The Kier molecular flexibility index (Phi) is 5.20. The van der Waals surface area contributed by atoms with Crippen LogP contribution in [0.2, 0.25) is 0 Å². The first-order valence-electron chi connectivity index (χ1n) is 8.60. The second-order valence-corrected chi connectivity index (χ2v) is 6.82. The Morgan fingerprint density at radius 3 is 2.39 bits per heavy atom. The Balaban J connectivity index is 1.91. The standard InChI is InChI=1S/C19H19F3N2O4/c1-2-18(8-27-9-18)10-28-12-5-3-11(4-6-12)13-7-14(16(23)25)17(26)24-15(13)19(20,21)22/h3-7H,2,8-10H2,1H3,(H2,23,25)(H,24,26). The van der Waals surface area contributed by atoms with Gasteiger partial charge in [-0.1, -0.05) is 19.1 Å². The first kappa shape index (κ1) is 19.9. The second kappa shape index (κ2) is 7.31. The van der Waals surface area contributed by atoms with E-state index in [1.807, 2.05) is 6.92 Å². The highest BCUT2D eigenvalue weighted by atomic mass is 19.4. The third kappa shape index (κ3) is 3.89. The fraction of sp³-hybridized carbons (Fsp3) is 0.368. The molecule has 3 N–H and O–H groups in total. The zero-order valence-corrected chi connectivity index (χ0v) is 15.1. The van der Waals surface area contributed by atoms with Crippen molar-refractivity contribution in [2.45, 2.75) is 19.5 Å². The molecule has 3 rings (SSSR count). The van der Waals surface area contributed by atoms with E-state index in [1.54, 1.807) is 4.98 Å². The fourth-order valence-corrected chi connectivity index (χ4v) is 2.91. The van der Waals surface area contributed by atoms with Crippen LogP contribution < -0.4 is 16.0 Å². The molecule has 1 saturated heterocycles. The van der Waals surface area contributed by atoms with Crippen molar-refractivity contribution in [3.05, 3.63) is 51.9 Å². The topological polar surface area (TPSA) is 94.4 Å². The van der Waals surface area contributed by atoms with E-state index in [2.05, 4.69) is 0 Å². The van der Waals surface area contributed by atoms with Crippen molar-refractivity contribution in [2.75, 3.05) is 19.8 Å². The minimum Gasteiger partial charge on any atom is -0.493 e. The number of nitrogens with one attached hydrogen (secondary N) is 1. The van der Waals surface area contributed by atoms with E-state index in [-0.39, 0.29) is 16.5 Å². The third-order valence-corrected chi connectivity index (χ3v) is 4.87. The monoisotopic (exact) mass is 396 g/mol. The van der Waals surface area contributed by atoms with Crippen molar-refractivity contribution >= 4 is 5.91 Å². The van der Waals surface area contributed by atoms with E-state index in [1.165, 1.54) is 24.3 Å². The number of aromatic nitrogens is 1. The maximum atomic E-state index is 13.3. The number of pyridine rings is 1. The molecule has 0 spiro atoms. The van der Waals surface area contributed by atoms with Crippen molar-refractivity contribution in [2.24, 2.45) is 11.1 Å². The molecule has 28 heavy (non-hydrogen) atoms. The van der Waals surface area contributed by atoms with Gasteiger partial charge in [-0.15, -0.1) is 0 Å². The molecule has 0 bridgehead atoms. The van der Waals surface area contributed by atoms with Gasteiger partial charge in [-0.3, -0.25) is 9.59 Å². The largest absolute Gasteiger partial charge is 0.493 e. The summed E-state index contributed by atoms with van der Waals surface area (Å²) in [6.45, 7) is 3.72. The van der Waals surface area contributed by atoms with E-state index in [4.69, 9.17) is 15.2 Å². The lowest BCUT2D eigenvalue weighted by atomic mass is 9.84. The van der Waals surface area contributed by atoms with Gasteiger partial charge in [0.25, 0.3) is 11.5 Å². The second-order valence-electron chi connectivity index (χ2n) is 6.82. The quantitative estimate of drug-likeness (QED) is 0.785. The van der Waals surface area contributed by atoms with Crippen molar-refractivity contribution in [1.29, 1.82) is 0 Å². The SMILES string of the molecule is CCC1(COc2ccc(-c3cc(C(N)=O)c(=O)[nH]c3C(F)(F)F)cc2)COC1. The number of carbonyl (C=O) groups excluding carboxylic acids is 1. The average Bonchev–Trinajstić information content (AvgIpc) is 2.60. The number of aromatic amines is 1. The van der Waals surface area contributed by atoms with E-state index >= 15 is 0 Å². The zero-order valence-electron chi connectivity index (χ0n) is 15.1. The number of halogens is 3. The number of nitrogens with two attached hydrogens (primary N) is 1.